The van der Waals surface area contributed by atoms with Gasteiger partial charge in [-0.3, -0.25) is 0 Å². The number of hydrogen-bond acceptors (Lipinski definition) is 13. The van der Waals surface area contributed by atoms with Gasteiger partial charge in [0.2, 0.25) is 0 Å². The number of thiophene rings is 3. The topological polar surface area (TPSA) is 129 Å². The van der Waals surface area contributed by atoms with E-state index >= 15 is 0 Å². The standard InChI is InChI=1S/C45H33N3OS.2C45H35N3S/c1-44(2)34-22-21-27(23-31(34)32-25-39-33(24-35(32)45(44,3)4)28-15-9-11-20-38(28)50-39)42-46-41(26-13-6-5-7-14-26)47-43(48-42)30-17-12-19-37-40(30)29-16-8-10-18-36(29)49-37;1-44(2)35-24-25-38-40(34-20-11-12-21-37(34)49-38)39(35)33-23-22-31(27-36(33)45(44,3)4)30-18-13-19-32(26-30)43-47-41(28-14-7-5-8-15-28)46-42(48-43)29-16-9-6-10-17-29;1-44(2)36-26-25-34-33-17-11-12-18-38(33)49-40(34)39(36)35-24-23-32(27-37(35)45(44,3)4)28-19-21-31(22-20-28)43-47-41(29-13-7-5-8-14-29)46-42(48-43)30-15-9-6-10-16-30/h5-25H,1-4H3;2*5-27H,1-4H3. The summed E-state index contributed by atoms with van der Waals surface area (Å²) in [6.07, 6.45) is 0. The normalized spacial score (nSPS) is 14.5. The number of nitrogens with zero attached hydrogens (tertiary/aromatic N) is 9. The molecule has 0 bridgehead atoms. The Morgan fingerprint density at radius 3 is 1.05 bits per heavy atom. The molecule has 10 nitrogen and oxygen atoms in total. The number of aromatic nitrogens is 9. The molecule has 3 aliphatic rings. The van der Waals surface area contributed by atoms with Gasteiger partial charge in [0, 0.05) is 127 Å². The van der Waals surface area contributed by atoms with E-state index in [1.807, 2.05) is 204 Å². The number of rotatable bonds is 11. The van der Waals surface area contributed by atoms with Crippen molar-refractivity contribution in [2.45, 2.75) is 116 Å². The van der Waals surface area contributed by atoms with E-state index < -0.39 is 0 Å². The molecule has 0 N–H and O–H groups in total. The van der Waals surface area contributed by atoms with Gasteiger partial charge >= 0.3 is 0 Å². The first-order chi connectivity index (χ1) is 71.9. The molecule has 0 atom stereocenters. The molecular weight excluding hydrogens is 1860 g/mol. The van der Waals surface area contributed by atoms with Gasteiger partial charge in [-0.25, -0.2) is 44.9 Å². The molecule has 3 aliphatic carbocycles. The molecular formula is C135H103N9OS3. The molecule has 7 aromatic heterocycles. The number of furan rings is 1. The number of benzene rings is 18. The van der Waals surface area contributed by atoms with Gasteiger partial charge in [-0.1, -0.05) is 417 Å². The van der Waals surface area contributed by atoms with Crippen LogP contribution in [0.15, 0.2) is 411 Å². The van der Waals surface area contributed by atoms with Crippen molar-refractivity contribution in [2.24, 2.45) is 0 Å². The fourth-order valence-corrected chi connectivity index (χ4v) is 26.4. The van der Waals surface area contributed by atoms with Crippen LogP contribution in [0.5, 0.6) is 0 Å². The van der Waals surface area contributed by atoms with Gasteiger partial charge < -0.3 is 4.42 Å². The Labute approximate surface area is 872 Å². The third kappa shape index (κ3) is 15.0. The van der Waals surface area contributed by atoms with Crippen LogP contribution in [-0.2, 0) is 32.5 Å². The number of hydrogen-bond donors (Lipinski definition) is 0. The highest BCUT2D eigenvalue weighted by Gasteiger charge is 2.50. The fraction of sp³-hybridized carbons (Fsp3) is 0.133. The van der Waals surface area contributed by atoms with E-state index in [-0.39, 0.29) is 32.5 Å². The zero-order valence-electron chi connectivity index (χ0n) is 84.3. The van der Waals surface area contributed by atoms with E-state index in [1.54, 1.807) is 0 Å². The van der Waals surface area contributed by atoms with E-state index in [2.05, 4.69) is 320 Å². The van der Waals surface area contributed by atoms with Crippen molar-refractivity contribution in [3.05, 3.63) is 440 Å². The van der Waals surface area contributed by atoms with Crippen LogP contribution >= 0.6 is 34.0 Å². The Morgan fingerprint density at radius 2 is 0.507 bits per heavy atom. The van der Waals surface area contributed by atoms with Crippen molar-refractivity contribution >= 4 is 116 Å². The second-order valence-electron chi connectivity index (χ2n) is 42.6. The van der Waals surface area contributed by atoms with Gasteiger partial charge in [0.15, 0.2) is 52.4 Å². The van der Waals surface area contributed by atoms with E-state index in [9.17, 15) is 0 Å². The lowest BCUT2D eigenvalue weighted by molar-refractivity contribution is 0.299. The van der Waals surface area contributed by atoms with Crippen LogP contribution in [-0.4, -0.2) is 44.9 Å². The second kappa shape index (κ2) is 35.1. The van der Waals surface area contributed by atoms with E-state index in [4.69, 9.17) is 49.3 Å². The highest BCUT2D eigenvalue weighted by Crippen LogP contribution is 2.62. The molecule has 0 aliphatic heterocycles. The van der Waals surface area contributed by atoms with Crippen LogP contribution < -0.4 is 0 Å². The first-order valence-corrected chi connectivity index (χ1v) is 53.3. The van der Waals surface area contributed by atoms with Crippen LogP contribution in [0.4, 0.5) is 0 Å². The van der Waals surface area contributed by atoms with Crippen LogP contribution in [0.2, 0.25) is 0 Å². The molecule has 0 amide bonds. The molecule has 0 saturated heterocycles. The van der Waals surface area contributed by atoms with Crippen LogP contribution in [0, 0.1) is 0 Å². The minimum Gasteiger partial charge on any atom is -0.456 e. The Bertz CT molecular complexity index is 9540. The molecule has 0 saturated carbocycles. The smallest absolute Gasteiger partial charge is 0.164 e. The van der Waals surface area contributed by atoms with E-state index in [0.717, 1.165) is 77.6 Å². The second-order valence-corrected chi connectivity index (χ2v) is 45.8. The summed E-state index contributed by atoms with van der Waals surface area (Å²) in [4.78, 5) is 45.1. The summed E-state index contributed by atoms with van der Waals surface area (Å²) in [7, 11) is 0. The Morgan fingerprint density at radius 1 is 0.169 bits per heavy atom. The van der Waals surface area contributed by atoms with Crippen molar-refractivity contribution < 1.29 is 4.42 Å². The zero-order valence-corrected chi connectivity index (χ0v) is 86.8. The predicted octanol–water partition coefficient (Wildman–Crippen LogP) is 36.7. The molecule has 25 aromatic rings. The highest BCUT2D eigenvalue weighted by atomic mass is 32.1. The number of para-hydroxylation sites is 1. The largest absolute Gasteiger partial charge is 0.456 e. The molecule has 28 rings (SSSR count). The van der Waals surface area contributed by atoms with Crippen molar-refractivity contribution in [2.75, 3.05) is 0 Å². The molecule has 13 heteroatoms. The summed E-state index contributed by atoms with van der Waals surface area (Å²) >= 11 is 5.69. The highest BCUT2D eigenvalue weighted by molar-refractivity contribution is 7.27. The lowest BCUT2D eigenvalue weighted by Crippen LogP contribution is -2.43. The molecule has 7 heterocycles. The van der Waals surface area contributed by atoms with Crippen molar-refractivity contribution in [1.82, 2.24) is 44.9 Å². The third-order valence-electron chi connectivity index (χ3n) is 33.1. The van der Waals surface area contributed by atoms with Gasteiger partial charge in [-0.2, -0.15) is 0 Å². The third-order valence-corrected chi connectivity index (χ3v) is 36.6. The fourth-order valence-electron chi connectivity index (χ4n) is 22.9. The lowest BCUT2D eigenvalue weighted by Gasteiger charge is -2.48. The van der Waals surface area contributed by atoms with Crippen LogP contribution in [0.3, 0.4) is 0 Å². The molecule has 0 spiro atoms. The van der Waals surface area contributed by atoms with E-state index in [1.165, 1.54) is 144 Å². The van der Waals surface area contributed by atoms with Crippen molar-refractivity contribution in [3.8, 4) is 158 Å². The van der Waals surface area contributed by atoms with E-state index in [0.29, 0.717) is 52.4 Å². The molecule has 712 valence electrons. The minimum atomic E-state index is -0.120. The van der Waals surface area contributed by atoms with Gasteiger partial charge in [0.1, 0.15) is 11.2 Å². The summed E-state index contributed by atoms with van der Waals surface area (Å²) in [5.74, 6) is 5.90. The van der Waals surface area contributed by atoms with Crippen molar-refractivity contribution in [3.63, 3.8) is 0 Å². The monoisotopic (exact) mass is 1960 g/mol. The number of fused-ring (bicyclic) bond motifs is 23. The SMILES string of the molecule is CC1(C)c2cc(-c3ccc(-c4nc(-c5ccccc5)nc(-c5ccccc5)n4)cc3)ccc2-c2c(ccc3c2sc2ccccc23)C1(C)C.CC1(C)c2cc(-c3cccc(-c4nc(-c5ccccc5)nc(-c5ccccc5)n4)c3)ccc2-c2c(ccc3sc4ccccc4c23)C1(C)C.CC1(C)c2ccc(-c3nc(-c4ccccc4)nc(-c4cccc5oc6ccccc6c45)n3)cc2-c2cc3sc4ccccc4c3cc2C1(C)C. The molecule has 18 aromatic carbocycles. The molecule has 0 radical (unpaired) electrons. The zero-order chi connectivity index (χ0) is 100. The summed E-state index contributed by atoms with van der Waals surface area (Å²) in [5.41, 5.74) is 30.8. The Balaban J connectivity index is 0.000000112. The van der Waals surface area contributed by atoms with Crippen LogP contribution in [0.25, 0.3) is 241 Å². The maximum atomic E-state index is 6.26. The van der Waals surface area contributed by atoms with Gasteiger partial charge in [0.05, 0.1) is 0 Å². The predicted molar refractivity (Wildman–Crippen MR) is 620 cm³/mol. The quantitative estimate of drug-likeness (QED) is 0.123. The average molecular weight is 1960 g/mol. The first kappa shape index (κ1) is 91.4. The Kier molecular flexibility index (Phi) is 21.7. The summed E-state index contributed by atoms with van der Waals surface area (Å²) < 4.78 is 14.3. The summed E-state index contributed by atoms with van der Waals surface area (Å²) in [6, 6.07) is 144. The molecule has 0 unspecified atom stereocenters. The Hall–Kier alpha value is -16.6. The lowest BCUT2D eigenvalue weighted by atomic mass is 9.55. The van der Waals surface area contributed by atoms with Crippen LogP contribution in [0.1, 0.15) is 116 Å². The first-order valence-electron chi connectivity index (χ1n) is 50.8. The summed E-state index contributed by atoms with van der Waals surface area (Å²) in [6.45, 7) is 28.9. The minimum absolute atomic E-state index is 0.0617. The van der Waals surface area contributed by atoms with Gasteiger partial charge in [-0.05, 0) is 189 Å². The van der Waals surface area contributed by atoms with Gasteiger partial charge in [-0.15, -0.1) is 34.0 Å². The summed E-state index contributed by atoms with van der Waals surface area (Å²) in [5, 5.41) is 10.1. The van der Waals surface area contributed by atoms with Gasteiger partial charge in [0.25, 0.3) is 0 Å². The molecule has 0 fully saturated rings. The molecule has 148 heavy (non-hydrogen) atoms. The van der Waals surface area contributed by atoms with Crippen molar-refractivity contribution in [1.29, 1.82) is 0 Å². The average Bonchev–Trinajstić information content (AvgIpc) is 1.33. The maximum Gasteiger partial charge on any atom is 0.164 e. The maximum absolute atomic E-state index is 6.26.